The van der Waals surface area contributed by atoms with Crippen molar-refractivity contribution >= 4 is 11.8 Å². The highest BCUT2D eigenvalue weighted by molar-refractivity contribution is 5.94. The Bertz CT molecular complexity index is 766. The quantitative estimate of drug-likeness (QED) is 0.411. The molecule has 0 aliphatic heterocycles. The standard InChI is InChI=1S/C29H46O3/c1-18(2)8-7-9-19(3)23-10-11-24-27-25(13-15-29(23,24)6)28(5)14-12-22(32-20(4)30)16-21(28)17-26(27)31/h17-19,22-25,27H,7-16H2,1-6H3/t19-,22+,23?,24+,25?,27?,28+,29-/m1/s1. The van der Waals surface area contributed by atoms with E-state index in [1.807, 2.05) is 6.08 Å². The monoisotopic (exact) mass is 442 g/mol. The van der Waals surface area contributed by atoms with Crippen molar-refractivity contribution in [1.29, 1.82) is 0 Å². The average Bonchev–Trinajstić information content (AvgIpc) is 3.05. The molecule has 0 amide bonds. The molecule has 4 rings (SSSR count). The number of carbonyl (C=O) groups is 2. The number of allylic oxidation sites excluding steroid dienone is 1. The summed E-state index contributed by atoms with van der Waals surface area (Å²) in [6, 6.07) is 0. The molecule has 0 heterocycles. The van der Waals surface area contributed by atoms with E-state index in [1.54, 1.807) is 0 Å². The second-order valence-electron chi connectivity index (χ2n) is 12.7. The lowest BCUT2D eigenvalue weighted by molar-refractivity contribution is -0.149. The number of ketones is 1. The fourth-order valence-electron chi connectivity index (χ4n) is 8.73. The lowest BCUT2D eigenvalue weighted by Crippen LogP contribution is -2.53. The van der Waals surface area contributed by atoms with Crippen LogP contribution in [0, 0.1) is 46.3 Å². The Morgan fingerprint density at radius 3 is 2.50 bits per heavy atom. The first-order valence-corrected chi connectivity index (χ1v) is 13.5. The van der Waals surface area contributed by atoms with Crippen molar-refractivity contribution in [1.82, 2.24) is 0 Å². The number of rotatable bonds is 6. The minimum absolute atomic E-state index is 0.0485. The van der Waals surface area contributed by atoms with Crippen LogP contribution >= 0.6 is 0 Å². The topological polar surface area (TPSA) is 43.4 Å². The van der Waals surface area contributed by atoms with E-state index in [0.717, 1.165) is 37.0 Å². The van der Waals surface area contributed by atoms with E-state index < -0.39 is 0 Å². The van der Waals surface area contributed by atoms with Gasteiger partial charge in [0.1, 0.15) is 6.10 Å². The summed E-state index contributed by atoms with van der Waals surface area (Å²) >= 11 is 0. The molecule has 4 aliphatic rings. The van der Waals surface area contributed by atoms with Crippen LogP contribution in [0.25, 0.3) is 0 Å². The van der Waals surface area contributed by atoms with Crippen LogP contribution in [0.15, 0.2) is 11.6 Å². The van der Waals surface area contributed by atoms with Gasteiger partial charge in [-0.05, 0) is 85.0 Å². The van der Waals surface area contributed by atoms with E-state index >= 15 is 0 Å². The molecule has 3 saturated carbocycles. The molecular formula is C29H46O3. The Labute approximate surface area is 196 Å². The number of hydrogen-bond donors (Lipinski definition) is 0. The number of fused-ring (bicyclic) bond motifs is 5. The molecule has 180 valence electrons. The van der Waals surface area contributed by atoms with Crippen molar-refractivity contribution in [2.24, 2.45) is 46.3 Å². The highest BCUT2D eigenvalue weighted by atomic mass is 16.5. The minimum atomic E-state index is -0.202. The largest absolute Gasteiger partial charge is 0.462 e. The van der Waals surface area contributed by atoms with Gasteiger partial charge in [-0.15, -0.1) is 0 Å². The smallest absolute Gasteiger partial charge is 0.302 e. The summed E-state index contributed by atoms with van der Waals surface area (Å²) in [5.74, 6) is 3.74. The SMILES string of the molecule is CC(=O)O[C@H]1CC[C@@]2(C)C(=CC(=O)C3C2CC[C@]2(C)C([C@H](C)CCCC(C)C)CC[C@@H]32)C1. The van der Waals surface area contributed by atoms with Gasteiger partial charge in [0.2, 0.25) is 0 Å². The van der Waals surface area contributed by atoms with Crippen LogP contribution in [0.2, 0.25) is 0 Å². The second kappa shape index (κ2) is 8.91. The molecule has 8 atom stereocenters. The molecule has 0 aromatic rings. The summed E-state index contributed by atoms with van der Waals surface area (Å²) in [5, 5.41) is 0. The van der Waals surface area contributed by atoms with Crippen molar-refractivity contribution < 1.29 is 14.3 Å². The highest BCUT2D eigenvalue weighted by Gasteiger charge is 2.61. The number of carbonyl (C=O) groups excluding carboxylic acids is 2. The van der Waals surface area contributed by atoms with Gasteiger partial charge >= 0.3 is 5.97 Å². The third-order valence-corrected chi connectivity index (χ3v) is 10.4. The van der Waals surface area contributed by atoms with E-state index in [1.165, 1.54) is 57.4 Å². The number of esters is 1. The van der Waals surface area contributed by atoms with Crippen molar-refractivity contribution in [3.63, 3.8) is 0 Å². The highest BCUT2D eigenvalue weighted by Crippen LogP contribution is 2.66. The summed E-state index contributed by atoms with van der Waals surface area (Å²) < 4.78 is 5.54. The molecule has 3 fully saturated rings. The first-order chi connectivity index (χ1) is 15.1. The van der Waals surface area contributed by atoms with Gasteiger partial charge < -0.3 is 4.74 Å². The van der Waals surface area contributed by atoms with Gasteiger partial charge in [-0.2, -0.15) is 0 Å². The van der Waals surface area contributed by atoms with E-state index in [4.69, 9.17) is 4.74 Å². The molecule has 32 heavy (non-hydrogen) atoms. The maximum atomic E-state index is 13.6. The van der Waals surface area contributed by atoms with Gasteiger partial charge in [0.15, 0.2) is 5.78 Å². The van der Waals surface area contributed by atoms with Crippen LogP contribution < -0.4 is 0 Å². The molecule has 3 unspecified atom stereocenters. The van der Waals surface area contributed by atoms with Crippen molar-refractivity contribution in [3.05, 3.63) is 11.6 Å². The first kappa shape index (κ1) is 24.0. The van der Waals surface area contributed by atoms with Gasteiger partial charge in [-0.25, -0.2) is 0 Å². The van der Waals surface area contributed by atoms with Crippen LogP contribution in [0.4, 0.5) is 0 Å². The van der Waals surface area contributed by atoms with Crippen molar-refractivity contribution in [2.45, 2.75) is 112 Å². The number of hydrogen-bond acceptors (Lipinski definition) is 3. The average molecular weight is 443 g/mol. The maximum Gasteiger partial charge on any atom is 0.302 e. The molecular weight excluding hydrogens is 396 g/mol. The van der Waals surface area contributed by atoms with Crippen LogP contribution in [0.1, 0.15) is 106 Å². The van der Waals surface area contributed by atoms with Crippen LogP contribution in [-0.2, 0) is 14.3 Å². The zero-order chi connectivity index (χ0) is 23.3. The lowest BCUT2D eigenvalue weighted by atomic mass is 9.46. The van der Waals surface area contributed by atoms with Crippen LogP contribution in [0.3, 0.4) is 0 Å². The first-order valence-electron chi connectivity index (χ1n) is 13.5. The zero-order valence-corrected chi connectivity index (χ0v) is 21.4. The van der Waals surface area contributed by atoms with Gasteiger partial charge in [0.25, 0.3) is 0 Å². The fourth-order valence-corrected chi connectivity index (χ4v) is 8.73. The van der Waals surface area contributed by atoms with E-state index in [-0.39, 0.29) is 23.4 Å². The van der Waals surface area contributed by atoms with Crippen molar-refractivity contribution in [3.8, 4) is 0 Å². The molecule has 4 aliphatic carbocycles. The molecule has 3 heteroatoms. The summed E-state index contributed by atoms with van der Waals surface area (Å²) in [6.45, 7) is 13.6. The molecule has 0 N–H and O–H groups in total. The Morgan fingerprint density at radius 1 is 1.06 bits per heavy atom. The Balaban J connectivity index is 1.52. The Kier molecular flexibility index (Phi) is 6.69. The number of ether oxygens (including phenoxy) is 1. The van der Waals surface area contributed by atoms with Crippen LogP contribution in [0.5, 0.6) is 0 Å². The second-order valence-corrected chi connectivity index (χ2v) is 12.7. The molecule has 0 radical (unpaired) electrons. The van der Waals surface area contributed by atoms with Gasteiger partial charge in [-0.3, -0.25) is 9.59 Å². The van der Waals surface area contributed by atoms with Gasteiger partial charge in [0, 0.05) is 19.3 Å². The maximum absolute atomic E-state index is 13.6. The van der Waals surface area contributed by atoms with Gasteiger partial charge in [-0.1, -0.05) is 59.5 Å². The Morgan fingerprint density at radius 2 is 1.81 bits per heavy atom. The summed E-state index contributed by atoms with van der Waals surface area (Å²) in [4.78, 5) is 25.1. The predicted octanol–water partition coefficient (Wildman–Crippen LogP) is 7.14. The van der Waals surface area contributed by atoms with E-state index in [2.05, 4.69) is 34.6 Å². The predicted molar refractivity (Wildman–Crippen MR) is 129 cm³/mol. The molecule has 0 bridgehead atoms. The molecule has 0 spiro atoms. The Hall–Kier alpha value is -1.12. The third kappa shape index (κ3) is 4.11. The summed E-state index contributed by atoms with van der Waals surface area (Å²) in [5.41, 5.74) is 1.70. The molecule has 0 saturated heterocycles. The van der Waals surface area contributed by atoms with E-state index in [0.29, 0.717) is 23.0 Å². The van der Waals surface area contributed by atoms with Crippen LogP contribution in [-0.4, -0.2) is 17.9 Å². The molecule has 0 aromatic heterocycles. The molecule has 0 aromatic carbocycles. The van der Waals surface area contributed by atoms with Crippen molar-refractivity contribution in [2.75, 3.05) is 0 Å². The van der Waals surface area contributed by atoms with Gasteiger partial charge in [0.05, 0.1) is 0 Å². The molecule has 3 nitrogen and oxygen atoms in total. The van der Waals surface area contributed by atoms with E-state index in [9.17, 15) is 9.59 Å². The fraction of sp³-hybridized carbons (Fsp3) is 0.862. The lowest BCUT2D eigenvalue weighted by Gasteiger charge is -2.57. The zero-order valence-electron chi connectivity index (χ0n) is 21.4. The third-order valence-electron chi connectivity index (χ3n) is 10.4. The summed E-state index contributed by atoms with van der Waals surface area (Å²) in [7, 11) is 0. The minimum Gasteiger partial charge on any atom is -0.462 e. The normalized spacial score (nSPS) is 42.0. The summed E-state index contributed by atoms with van der Waals surface area (Å²) in [6.07, 6.45) is 13.7.